The number of carbonyl (C=O) groups is 1. The zero-order valence-electron chi connectivity index (χ0n) is 19.1. The van der Waals surface area contributed by atoms with E-state index in [2.05, 4.69) is 32.2 Å². The van der Waals surface area contributed by atoms with Crippen molar-refractivity contribution < 1.29 is 14.3 Å². The quantitative estimate of drug-likeness (QED) is 0.588. The highest BCUT2D eigenvalue weighted by molar-refractivity contribution is 5.92. The summed E-state index contributed by atoms with van der Waals surface area (Å²) in [5, 5.41) is 4.40. The van der Waals surface area contributed by atoms with Gasteiger partial charge in [-0.25, -0.2) is 9.97 Å². The molecule has 174 valence electrons. The minimum Gasteiger partial charge on any atom is -0.493 e. The molecule has 1 fully saturated rings. The molecule has 9 nitrogen and oxygen atoms in total. The van der Waals surface area contributed by atoms with Crippen LogP contribution < -0.4 is 14.8 Å². The van der Waals surface area contributed by atoms with Crippen LogP contribution in [0.3, 0.4) is 0 Å². The number of anilines is 2. The van der Waals surface area contributed by atoms with Crippen LogP contribution >= 0.6 is 0 Å². The summed E-state index contributed by atoms with van der Waals surface area (Å²) in [4.78, 5) is 29.5. The number of H-pyrrole nitrogens is 1. The zero-order valence-corrected chi connectivity index (χ0v) is 19.1. The van der Waals surface area contributed by atoms with Gasteiger partial charge in [-0.1, -0.05) is 0 Å². The Morgan fingerprint density at radius 2 is 2.12 bits per heavy atom. The van der Waals surface area contributed by atoms with Gasteiger partial charge < -0.3 is 29.6 Å². The predicted octanol–water partition coefficient (Wildman–Crippen LogP) is 2.96. The van der Waals surface area contributed by atoms with Crippen LogP contribution in [0.1, 0.15) is 24.8 Å². The molecule has 4 heterocycles. The Balaban J connectivity index is 1.50. The van der Waals surface area contributed by atoms with Crippen LogP contribution in [0, 0.1) is 0 Å². The monoisotopic (exact) mass is 450 g/mol. The van der Waals surface area contributed by atoms with Crippen LogP contribution in [-0.2, 0) is 11.2 Å². The molecule has 0 spiro atoms. The lowest BCUT2D eigenvalue weighted by molar-refractivity contribution is -0.134. The lowest BCUT2D eigenvalue weighted by Crippen LogP contribution is -2.44. The first kappa shape index (κ1) is 21.5. The fraction of sp³-hybridized carbons (Fsp3) is 0.458. The molecule has 1 saturated heterocycles. The Morgan fingerprint density at radius 3 is 3.00 bits per heavy atom. The highest BCUT2D eigenvalue weighted by Gasteiger charge is 2.30. The van der Waals surface area contributed by atoms with Gasteiger partial charge in [-0.05, 0) is 57.0 Å². The number of ether oxygens (including phenoxy) is 2. The molecular weight excluding hydrogens is 420 g/mol. The Hall–Kier alpha value is -3.33. The molecule has 3 aromatic rings. The number of nitrogens with zero attached hydrogens (tertiary/aromatic N) is 4. The number of aromatic amines is 1. The van der Waals surface area contributed by atoms with E-state index < -0.39 is 0 Å². The number of hydrogen-bond donors (Lipinski definition) is 2. The number of aromatic nitrogens is 3. The van der Waals surface area contributed by atoms with Gasteiger partial charge in [0.25, 0.3) is 5.91 Å². The van der Waals surface area contributed by atoms with Gasteiger partial charge in [-0.2, -0.15) is 0 Å². The van der Waals surface area contributed by atoms with Gasteiger partial charge in [0, 0.05) is 37.1 Å². The first-order valence-corrected chi connectivity index (χ1v) is 11.5. The van der Waals surface area contributed by atoms with Gasteiger partial charge in [0.2, 0.25) is 0 Å². The van der Waals surface area contributed by atoms with Crippen LogP contribution in [0.4, 0.5) is 11.5 Å². The average molecular weight is 451 g/mol. The lowest BCUT2D eigenvalue weighted by atomic mass is 10.1. The van der Waals surface area contributed by atoms with E-state index in [0.717, 1.165) is 67.9 Å². The maximum Gasteiger partial charge on any atom is 0.260 e. The summed E-state index contributed by atoms with van der Waals surface area (Å²) < 4.78 is 11.4. The number of carbonyl (C=O) groups excluding carboxylic acids is 1. The number of nitrogens with one attached hydrogen (secondary N) is 2. The summed E-state index contributed by atoms with van der Waals surface area (Å²) in [5.41, 5.74) is 2.80. The standard InChI is InChI=1S/C24H30N6O3/c1-29-9-3-5-16-12-25-23-22(16)24(27-15-26-23)28-17-7-8-19(32-2)20(11-17)33-14-21(31)30-10-4-6-18(30)13-29/h7-8,11-12,15,18H,3-6,9-10,13-14H2,1-2H3,(H2,25,26,27,28)/t18-/m1/s1. The normalized spacial score (nSPS) is 20.1. The van der Waals surface area contributed by atoms with Crippen LogP contribution in [0.25, 0.3) is 11.0 Å². The number of amides is 1. The largest absolute Gasteiger partial charge is 0.493 e. The van der Waals surface area contributed by atoms with Crippen molar-refractivity contribution in [1.29, 1.82) is 0 Å². The predicted molar refractivity (Wildman–Crippen MR) is 126 cm³/mol. The molecular formula is C24H30N6O3. The molecule has 0 radical (unpaired) electrons. The average Bonchev–Trinajstić information content (AvgIpc) is 3.45. The SMILES string of the molecule is COc1ccc2cc1OCC(=O)N1CCC[C@@H]1CN(C)CCCc1c[nH]c3ncnc(c13)N2. The molecule has 0 aliphatic carbocycles. The lowest BCUT2D eigenvalue weighted by Gasteiger charge is -2.29. The molecule has 9 heteroatoms. The molecule has 0 saturated carbocycles. The Labute approximate surface area is 193 Å². The van der Waals surface area contributed by atoms with E-state index in [1.54, 1.807) is 13.4 Å². The zero-order chi connectivity index (χ0) is 22.8. The van der Waals surface area contributed by atoms with Gasteiger partial charge in [0.15, 0.2) is 18.1 Å². The maximum absolute atomic E-state index is 13.0. The topological polar surface area (TPSA) is 95.6 Å². The molecule has 1 atom stereocenters. The molecule has 2 N–H and O–H groups in total. The van der Waals surface area contributed by atoms with E-state index in [-0.39, 0.29) is 18.6 Å². The Morgan fingerprint density at radius 1 is 1.21 bits per heavy atom. The number of aryl methyl sites for hydroxylation is 1. The van der Waals surface area contributed by atoms with Gasteiger partial charge in [-0.15, -0.1) is 0 Å². The highest BCUT2D eigenvalue weighted by atomic mass is 16.5. The summed E-state index contributed by atoms with van der Waals surface area (Å²) in [7, 11) is 3.73. The number of fused-ring (bicyclic) bond motifs is 3. The van der Waals surface area contributed by atoms with Gasteiger partial charge in [0.1, 0.15) is 17.8 Å². The summed E-state index contributed by atoms with van der Waals surface area (Å²) >= 11 is 0. The molecule has 2 bridgehead atoms. The molecule has 0 unspecified atom stereocenters. The first-order chi connectivity index (χ1) is 16.1. The molecule has 33 heavy (non-hydrogen) atoms. The molecule has 2 aliphatic heterocycles. The maximum atomic E-state index is 13.0. The Bertz CT molecular complexity index is 1150. The number of likely N-dealkylation sites (N-methyl/N-ethyl adjacent to an activating group) is 1. The summed E-state index contributed by atoms with van der Waals surface area (Å²) in [6.07, 6.45) is 7.56. The van der Waals surface area contributed by atoms with E-state index in [1.165, 1.54) is 5.56 Å². The number of rotatable bonds is 1. The van der Waals surface area contributed by atoms with Gasteiger partial charge in [-0.3, -0.25) is 4.79 Å². The molecule has 2 aromatic heterocycles. The second-order valence-electron chi connectivity index (χ2n) is 8.79. The van der Waals surface area contributed by atoms with E-state index in [4.69, 9.17) is 9.47 Å². The molecule has 1 aromatic carbocycles. The van der Waals surface area contributed by atoms with E-state index in [1.807, 2.05) is 29.3 Å². The van der Waals surface area contributed by atoms with Gasteiger partial charge in [0.05, 0.1) is 12.5 Å². The first-order valence-electron chi connectivity index (χ1n) is 11.5. The summed E-state index contributed by atoms with van der Waals surface area (Å²) in [5.74, 6) is 1.86. The fourth-order valence-corrected chi connectivity index (χ4v) is 4.89. The third kappa shape index (κ3) is 4.45. The van der Waals surface area contributed by atoms with E-state index in [9.17, 15) is 4.79 Å². The molecule has 1 amide bonds. The highest BCUT2D eigenvalue weighted by Crippen LogP contribution is 2.33. The van der Waals surface area contributed by atoms with Crippen molar-refractivity contribution in [2.24, 2.45) is 0 Å². The van der Waals surface area contributed by atoms with Crippen molar-refractivity contribution in [3.8, 4) is 11.5 Å². The minimum atomic E-state index is -0.0141. The minimum absolute atomic E-state index is 0.0141. The van der Waals surface area contributed by atoms with Crippen molar-refractivity contribution in [2.45, 2.75) is 31.7 Å². The number of hydrogen-bond acceptors (Lipinski definition) is 7. The van der Waals surface area contributed by atoms with Crippen molar-refractivity contribution in [1.82, 2.24) is 24.8 Å². The fourth-order valence-electron chi connectivity index (χ4n) is 4.89. The van der Waals surface area contributed by atoms with Crippen LogP contribution in [0.5, 0.6) is 11.5 Å². The van der Waals surface area contributed by atoms with E-state index in [0.29, 0.717) is 11.5 Å². The molecule has 5 rings (SSSR count). The van der Waals surface area contributed by atoms with Crippen molar-refractivity contribution in [3.05, 3.63) is 36.3 Å². The second-order valence-corrected chi connectivity index (χ2v) is 8.79. The van der Waals surface area contributed by atoms with Crippen molar-refractivity contribution in [3.63, 3.8) is 0 Å². The van der Waals surface area contributed by atoms with Crippen molar-refractivity contribution >= 4 is 28.4 Å². The summed E-state index contributed by atoms with van der Waals surface area (Å²) in [6, 6.07) is 5.82. The molecule has 2 aliphatic rings. The number of methoxy groups -OCH3 is 1. The third-order valence-corrected chi connectivity index (χ3v) is 6.53. The Kier molecular flexibility index (Phi) is 6.04. The number of benzene rings is 1. The van der Waals surface area contributed by atoms with Crippen LogP contribution in [-0.4, -0.2) is 77.1 Å². The smallest absolute Gasteiger partial charge is 0.260 e. The van der Waals surface area contributed by atoms with Crippen LogP contribution in [0.15, 0.2) is 30.7 Å². The third-order valence-electron chi connectivity index (χ3n) is 6.53. The second kappa shape index (κ2) is 9.27. The summed E-state index contributed by atoms with van der Waals surface area (Å²) in [6.45, 7) is 2.60. The van der Waals surface area contributed by atoms with E-state index >= 15 is 0 Å². The van der Waals surface area contributed by atoms with Crippen molar-refractivity contribution in [2.75, 3.05) is 45.7 Å². The van der Waals surface area contributed by atoms with Crippen LogP contribution in [0.2, 0.25) is 0 Å². The van der Waals surface area contributed by atoms with Gasteiger partial charge >= 0.3 is 0 Å².